The van der Waals surface area contributed by atoms with Crippen LogP contribution >= 0.6 is 0 Å². The Kier molecular flexibility index (Phi) is 6.32. The van der Waals surface area contributed by atoms with Gasteiger partial charge in [-0.05, 0) is 25.1 Å². The summed E-state index contributed by atoms with van der Waals surface area (Å²) in [4.78, 5) is 13.7. The molecule has 1 aromatic rings. The third-order valence-electron chi connectivity index (χ3n) is 2.59. The van der Waals surface area contributed by atoms with Crippen LogP contribution in [0.3, 0.4) is 0 Å². The molecule has 0 unspecified atom stereocenters. The molecule has 0 saturated heterocycles. The summed E-state index contributed by atoms with van der Waals surface area (Å²) in [7, 11) is 1.56. The van der Waals surface area contributed by atoms with E-state index in [0.717, 1.165) is 0 Å². The number of nitrogens with zero attached hydrogens (tertiary/aromatic N) is 1. The molecule has 0 heterocycles. The van der Waals surface area contributed by atoms with Gasteiger partial charge in [0.05, 0.1) is 12.2 Å². The van der Waals surface area contributed by atoms with Crippen molar-refractivity contribution in [2.75, 3.05) is 33.4 Å². The maximum absolute atomic E-state index is 13.5. The van der Waals surface area contributed by atoms with Gasteiger partial charge in [0.1, 0.15) is 5.82 Å². The summed E-state index contributed by atoms with van der Waals surface area (Å²) >= 11 is 0. The van der Waals surface area contributed by atoms with Gasteiger partial charge in [-0.15, -0.1) is 0 Å². The molecule has 2 N–H and O–H groups in total. The van der Waals surface area contributed by atoms with Crippen molar-refractivity contribution in [1.82, 2.24) is 4.90 Å². The molecule has 0 saturated carbocycles. The van der Waals surface area contributed by atoms with Gasteiger partial charge in [0.2, 0.25) is 0 Å². The number of hydrogen-bond acceptors (Lipinski definition) is 3. The van der Waals surface area contributed by atoms with Gasteiger partial charge in [0.15, 0.2) is 0 Å². The average molecular weight is 254 g/mol. The van der Waals surface area contributed by atoms with E-state index in [9.17, 15) is 9.18 Å². The first kappa shape index (κ1) is 14.6. The second-order valence-electron chi connectivity index (χ2n) is 3.91. The maximum atomic E-state index is 13.5. The van der Waals surface area contributed by atoms with Gasteiger partial charge in [-0.1, -0.05) is 12.1 Å². The minimum Gasteiger partial charge on any atom is -0.383 e. The number of methoxy groups -OCH3 is 1. The van der Waals surface area contributed by atoms with E-state index in [-0.39, 0.29) is 11.5 Å². The van der Waals surface area contributed by atoms with Gasteiger partial charge in [-0.2, -0.15) is 0 Å². The molecule has 100 valence electrons. The van der Waals surface area contributed by atoms with Crippen molar-refractivity contribution >= 4 is 5.91 Å². The summed E-state index contributed by atoms with van der Waals surface area (Å²) in [5, 5.41) is 0. The van der Waals surface area contributed by atoms with Crippen LogP contribution < -0.4 is 5.73 Å². The van der Waals surface area contributed by atoms with Crippen LogP contribution in [0.2, 0.25) is 0 Å². The second-order valence-corrected chi connectivity index (χ2v) is 3.91. The number of carbonyl (C=O) groups is 1. The SMILES string of the molecule is COCCN(CCCN)C(=O)c1ccccc1F. The van der Waals surface area contributed by atoms with Crippen LogP contribution in [0.4, 0.5) is 4.39 Å². The summed E-state index contributed by atoms with van der Waals surface area (Å²) in [6.07, 6.45) is 0.684. The van der Waals surface area contributed by atoms with Gasteiger partial charge in [-0.3, -0.25) is 4.79 Å². The Balaban J connectivity index is 2.77. The van der Waals surface area contributed by atoms with E-state index >= 15 is 0 Å². The standard InChI is InChI=1S/C13H19FN2O2/c1-18-10-9-16(8-4-7-15)13(17)11-5-2-3-6-12(11)14/h2-3,5-6H,4,7-10,15H2,1H3. The first-order valence-corrected chi connectivity index (χ1v) is 5.93. The van der Waals surface area contributed by atoms with Gasteiger partial charge in [0, 0.05) is 20.2 Å². The summed E-state index contributed by atoms with van der Waals surface area (Å²) in [5.41, 5.74) is 5.52. The fraction of sp³-hybridized carbons (Fsp3) is 0.462. The van der Waals surface area contributed by atoms with Crippen LogP contribution in [0.1, 0.15) is 16.8 Å². The number of carbonyl (C=O) groups excluding carboxylic acids is 1. The maximum Gasteiger partial charge on any atom is 0.256 e. The normalized spacial score (nSPS) is 10.4. The lowest BCUT2D eigenvalue weighted by atomic mass is 10.2. The summed E-state index contributed by atoms with van der Waals surface area (Å²) in [6, 6.07) is 5.98. The first-order chi connectivity index (χ1) is 8.70. The average Bonchev–Trinajstić information content (AvgIpc) is 2.39. The highest BCUT2D eigenvalue weighted by Crippen LogP contribution is 2.10. The van der Waals surface area contributed by atoms with E-state index in [1.807, 2.05) is 0 Å². The molecule has 0 bridgehead atoms. The van der Waals surface area contributed by atoms with Crippen LogP contribution in [0, 0.1) is 5.82 Å². The third-order valence-corrected chi connectivity index (χ3v) is 2.59. The van der Waals surface area contributed by atoms with E-state index < -0.39 is 5.82 Å². The molecule has 1 amide bonds. The number of ether oxygens (including phenoxy) is 1. The van der Waals surface area contributed by atoms with E-state index in [1.165, 1.54) is 12.1 Å². The lowest BCUT2D eigenvalue weighted by Gasteiger charge is -2.22. The third kappa shape index (κ3) is 4.09. The largest absolute Gasteiger partial charge is 0.383 e. The molecule has 0 fully saturated rings. The van der Waals surface area contributed by atoms with Gasteiger partial charge < -0.3 is 15.4 Å². The fourth-order valence-electron chi connectivity index (χ4n) is 1.60. The molecule has 4 nitrogen and oxygen atoms in total. The summed E-state index contributed by atoms with van der Waals surface area (Å²) < 4.78 is 18.5. The zero-order valence-electron chi connectivity index (χ0n) is 10.6. The lowest BCUT2D eigenvalue weighted by molar-refractivity contribution is 0.0690. The van der Waals surface area contributed by atoms with E-state index in [4.69, 9.17) is 10.5 Å². The molecule has 1 rings (SSSR count). The molecule has 0 aliphatic carbocycles. The van der Waals surface area contributed by atoms with Crippen molar-refractivity contribution in [2.24, 2.45) is 5.73 Å². The van der Waals surface area contributed by atoms with Gasteiger partial charge in [0.25, 0.3) is 5.91 Å². The van der Waals surface area contributed by atoms with Gasteiger partial charge >= 0.3 is 0 Å². The van der Waals surface area contributed by atoms with Gasteiger partial charge in [-0.25, -0.2) is 4.39 Å². The number of halogens is 1. The van der Waals surface area contributed by atoms with Crippen molar-refractivity contribution in [2.45, 2.75) is 6.42 Å². The molecule has 0 aliphatic rings. The molecular formula is C13H19FN2O2. The quantitative estimate of drug-likeness (QED) is 0.797. The molecule has 1 aromatic carbocycles. The molecule has 0 atom stereocenters. The van der Waals surface area contributed by atoms with Crippen molar-refractivity contribution in [1.29, 1.82) is 0 Å². The number of nitrogens with two attached hydrogens (primary N) is 1. The van der Waals surface area contributed by atoms with E-state index in [0.29, 0.717) is 32.7 Å². The first-order valence-electron chi connectivity index (χ1n) is 5.93. The lowest BCUT2D eigenvalue weighted by Crippen LogP contribution is -2.36. The Morgan fingerprint density at radius 1 is 1.39 bits per heavy atom. The Morgan fingerprint density at radius 2 is 2.11 bits per heavy atom. The van der Waals surface area contributed by atoms with Crippen LogP contribution in [0.5, 0.6) is 0 Å². The molecule has 0 aliphatic heterocycles. The minimum atomic E-state index is -0.502. The highest BCUT2D eigenvalue weighted by molar-refractivity contribution is 5.94. The van der Waals surface area contributed by atoms with Crippen LogP contribution in [0.15, 0.2) is 24.3 Å². The monoisotopic (exact) mass is 254 g/mol. The smallest absolute Gasteiger partial charge is 0.256 e. The van der Waals surface area contributed by atoms with Crippen LogP contribution in [-0.4, -0.2) is 44.2 Å². The number of benzene rings is 1. The number of rotatable bonds is 7. The molecule has 18 heavy (non-hydrogen) atoms. The van der Waals surface area contributed by atoms with E-state index in [2.05, 4.69) is 0 Å². The zero-order valence-corrected chi connectivity index (χ0v) is 10.6. The second kappa shape index (κ2) is 7.79. The Morgan fingerprint density at radius 3 is 2.72 bits per heavy atom. The topological polar surface area (TPSA) is 55.6 Å². The highest BCUT2D eigenvalue weighted by Gasteiger charge is 2.18. The summed E-state index contributed by atoms with van der Waals surface area (Å²) in [6.45, 7) is 1.86. The van der Waals surface area contributed by atoms with Crippen molar-refractivity contribution in [3.63, 3.8) is 0 Å². The zero-order chi connectivity index (χ0) is 13.4. The molecule has 0 aromatic heterocycles. The predicted octanol–water partition coefficient (Wildman–Crippen LogP) is 1.26. The Labute approximate surface area is 107 Å². The van der Waals surface area contributed by atoms with Crippen molar-refractivity contribution < 1.29 is 13.9 Å². The highest BCUT2D eigenvalue weighted by atomic mass is 19.1. The van der Waals surface area contributed by atoms with Crippen molar-refractivity contribution in [3.05, 3.63) is 35.6 Å². The van der Waals surface area contributed by atoms with Crippen LogP contribution in [-0.2, 0) is 4.74 Å². The molecular weight excluding hydrogens is 235 g/mol. The Bertz CT molecular complexity index is 377. The molecule has 0 spiro atoms. The molecule has 5 heteroatoms. The fourth-order valence-corrected chi connectivity index (χ4v) is 1.60. The van der Waals surface area contributed by atoms with E-state index in [1.54, 1.807) is 24.1 Å². The molecule has 0 radical (unpaired) electrons. The van der Waals surface area contributed by atoms with Crippen molar-refractivity contribution in [3.8, 4) is 0 Å². The predicted molar refractivity (Wildman–Crippen MR) is 67.9 cm³/mol. The minimum absolute atomic E-state index is 0.0885. The summed E-state index contributed by atoms with van der Waals surface area (Å²) in [5.74, 6) is -0.823. The Hall–Kier alpha value is -1.46. The van der Waals surface area contributed by atoms with Crippen LogP contribution in [0.25, 0.3) is 0 Å². The number of hydrogen-bond donors (Lipinski definition) is 1. The number of amides is 1.